The second-order valence-corrected chi connectivity index (χ2v) is 5.16. The molecule has 0 saturated heterocycles. The molecule has 2 N–H and O–H groups in total. The van der Waals surface area contributed by atoms with Crippen molar-refractivity contribution in [2.45, 2.75) is 20.4 Å². The Morgan fingerprint density at radius 1 is 1.35 bits per heavy atom. The largest absolute Gasteiger partial charge is 0.477 e. The number of hydrogen-bond donors (Lipinski definition) is 2. The number of rotatable bonds is 3. The summed E-state index contributed by atoms with van der Waals surface area (Å²) < 4.78 is 14.4. The number of benzene rings is 1. The summed E-state index contributed by atoms with van der Waals surface area (Å²) in [5, 5.41) is 14.0. The lowest BCUT2D eigenvalue weighted by molar-refractivity contribution is 0.0690. The van der Waals surface area contributed by atoms with Crippen molar-refractivity contribution in [3.05, 3.63) is 51.7 Å². The zero-order valence-electron chi connectivity index (χ0n) is 12.6. The third kappa shape index (κ3) is 2.30. The van der Waals surface area contributed by atoms with Crippen molar-refractivity contribution in [3.63, 3.8) is 0 Å². The Kier molecular flexibility index (Phi) is 3.48. The van der Waals surface area contributed by atoms with Crippen LogP contribution in [0, 0.1) is 12.7 Å². The highest BCUT2D eigenvalue weighted by Crippen LogP contribution is 2.29. The molecule has 3 aromatic rings. The SMILES string of the molecule is CCn1nc(-c2ccc(F)cc2)c2c(C)c(C(=O)O)[nH]c2c1=O. The summed E-state index contributed by atoms with van der Waals surface area (Å²) in [6.07, 6.45) is 0. The number of halogens is 1. The molecule has 0 saturated carbocycles. The van der Waals surface area contributed by atoms with Gasteiger partial charge in [0.15, 0.2) is 0 Å². The summed E-state index contributed by atoms with van der Waals surface area (Å²) in [5.74, 6) is -1.53. The highest BCUT2D eigenvalue weighted by Gasteiger charge is 2.21. The highest BCUT2D eigenvalue weighted by molar-refractivity contribution is 6.02. The van der Waals surface area contributed by atoms with Gasteiger partial charge in [0.2, 0.25) is 0 Å². The third-order valence-electron chi connectivity index (χ3n) is 3.79. The number of hydrogen-bond acceptors (Lipinski definition) is 3. The Bertz CT molecular complexity index is 971. The molecule has 0 radical (unpaired) electrons. The predicted octanol–water partition coefficient (Wildman–Crippen LogP) is 2.56. The first-order valence-electron chi connectivity index (χ1n) is 7.06. The fraction of sp³-hybridized carbons (Fsp3) is 0.188. The fourth-order valence-electron chi connectivity index (χ4n) is 2.63. The third-order valence-corrected chi connectivity index (χ3v) is 3.79. The Morgan fingerprint density at radius 3 is 2.57 bits per heavy atom. The number of carboxylic acids is 1. The molecule has 0 aliphatic rings. The van der Waals surface area contributed by atoms with Crippen LogP contribution in [0.3, 0.4) is 0 Å². The number of nitrogens with zero attached hydrogens (tertiary/aromatic N) is 2. The lowest BCUT2D eigenvalue weighted by Crippen LogP contribution is -2.23. The highest BCUT2D eigenvalue weighted by atomic mass is 19.1. The summed E-state index contributed by atoms with van der Waals surface area (Å²) in [4.78, 5) is 26.4. The van der Waals surface area contributed by atoms with Crippen molar-refractivity contribution in [2.75, 3.05) is 0 Å². The van der Waals surface area contributed by atoms with Gasteiger partial charge < -0.3 is 10.1 Å². The van der Waals surface area contributed by atoms with Gasteiger partial charge >= 0.3 is 5.97 Å². The standard InChI is InChI=1S/C16H14FN3O3/c1-3-20-15(21)14-11(8(2)12(18-14)16(22)23)13(19-20)9-4-6-10(17)7-5-9/h4-7,18H,3H2,1-2H3,(H,22,23). The van der Waals surface area contributed by atoms with Crippen molar-refractivity contribution in [1.29, 1.82) is 0 Å². The molecule has 0 aliphatic carbocycles. The molecule has 0 bridgehead atoms. The van der Waals surface area contributed by atoms with E-state index in [1.807, 2.05) is 0 Å². The van der Waals surface area contributed by atoms with Crippen LogP contribution in [0.2, 0.25) is 0 Å². The molecule has 2 heterocycles. The van der Waals surface area contributed by atoms with Crippen LogP contribution in [0.15, 0.2) is 29.1 Å². The van der Waals surface area contributed by atoms with E-state index >= 15 is 0 Å². The molecule has 1 aromatic carbocycles. The number of nitrogens with one attached hydrogen (secondary N) is 1. The molecule has 7 heteroatoms. The van der Waals surface area contributed by atoms with Crippen molar-refractivity contribution < 1.29 is 14.3 Å². The minimum atomic E-state index is -1.15. The molecule has 0 unspecified atom stereocenters. The van der Waals surface area contributed by atoms with Crippen molar-refractivity contribution >= 4 is 16.9 Å². The number of aromatic amines is 1. The molecule has 0 fully saturated rings. The normalized spacial score (nSPS) is 11.1. The Labute approximate surface area is 130 Å². The number of aromatic carboxylic acids is 1. The van der Waals surface area contributed by atoms with Crippen LogP contribution in [-0.2, 0) is 6.54 Å². The Hall–Kier alpha value is -2.96. The zero-order valence-corrected chi connectivity index (χ0v) is 12.6. The molecular formula is C16H14FN3O3. The zero-order chi connectivity index (χ0) is 16.7. The lowest BCUT2D eigenvalue weighted by atomic mass is 10.1. The maximum atomic E-state index is 13.2. The summed E-state index contributed by atoms with van der Waals surface area (Å²) in [6.45, 7) is 3.72. The second kappa shape index (κ2) is 5.35. The number of aryl methyl sites for hydroxylation is 2. The molecule has 2 aromatic heterocycles. The van der Waals surface area contributed by atoms with Crippen molar-refractivity contribution in [3.8, 4) is 11.3 Å². The Morgan fingerprint density at radius 2 is 2.00 bits per heavy atom. The van der Waals surface area contributed by atoms with E-state index in [1.165, 1.54) is 16.8 Å². The topological polar surface area (TPSA) is 88.0 Å². The molecule has 3 rings (SSSR count). The molecule has 6 nitrogen and oxygen atoms in total. The monoisotopic (exact) mass is 315 g/mol. The second-order valence-electron chi connectivity index (χ2n) is 5.16. The molecule has 23 heavy (non-hydrogen) atoms. The first kappa shape index (κ1) is 15.0. The molecule has 0 aliphatic heterocycles. The van der Waals surface area contributed by atoms with Crippen molar-refractivity contribution in [1.82, 2.24) is 14.8 Å². The van der Waals surface area contributed by atoms with Crippen LogP contribution >= 0.6 is 0 Å². The minimum absolute atomic E-state index is 0.0453. The summed E-state index contributed by atoms with van der Waals surface area (Å²) in [6, 6.07) is 5.69. The average molecular weight is 315 g/mol. The van der Waals surface area contributed by atoms with E-state index < -0.39 is 5.97 Å². The predicted molar refractivity (Wildman–Crippen MR) is 83.1 cm³/mol. The van der Waals surface area contributed by atoms with Gasteiger partial charge in [-0.05, 0) is 43.7 Å². The van der Waals surface area contributed by atoms with Gasteiger partial charge in [0, 0.05) is 17.5 Å². The van der Waals surface area contributed by atoms with E-state index in [0.29, 0.717) is 28.8 Å². The number of carbonyl (C=O) groups is 1. The van der Waals surface area contributed by atoms with Gasteiger partial charge in [-0.15, -0.1) is 0 Å². The first-order valence-corrected chi connectivity index (χ1v) is 7.06. The number of carboxylic acid groups (broad SMARTS) is 1. The average Bonchev–Trinajstić information content (AvgIpc) is 2.88. The Balaban J connectivity index is 2.45. The smallest absolute Gasteiger partial charge is 0.352 e. The van der Waals surface area contributed by atoms with Crippen LogP contribution in [0.25, 0.3) is 22.2 Å². The van der Waals surface area contributed by atoms with Crippen molar-refractivity contribution in [2.24, 2.45) is 0 Å². The molecule has 118 valence electrons. The van der Waals surface area contributed by atoms with Gasteiger partial charge in [-0.1, -0.05) is 0 Å². The van der Waals surface area contributed by atoms with Gasteiger partial charge in [0.05, 0.1) is 0 Å². The number of fused-ring (bicyclic) bond motifs is 1. The lowest BCUT2D eigenvalue weighted by Gasteiger charge is -2.08. The maximum absolute atomic E-state index is 13.2. The van der Waals surface area contributed by atoms with Gasteiger partial charge in [0.25, 0.3) is 5.56 Å². The van der Waals surface area contributed by atoms with E-state index in [1.54, 1.807) is 26.0 Å². The van der Waals surface area contributed by atoms with E-state index in [9.17, 15) is 19.1 Å². The fourth-order valence-corrected chi connectivity index (χ4v) is 2.63. The molecular weight excluding hydrogens is 301 g/mol. The van der Waals surface area contributed by atoms with E-state index in [4.69, 9.17) is 0 Å². The van der Waals surface area contributed by atoms with Crippen LogP contribution in [0.4, 0.5) is 4.39 Å². The van der Waals surface area contributed by atoms with Gasteiger partial charge in [-0.2, -0.15) is 5.10 Å². The summed E-state index contributed by atoms with van der Waals surface area (Å²) in [5.41, 5.74) is 1.25. The molecule has 0 amide bonds. The molecule has 0 atom stereocenters. The summed E-state index contributed by atoms with van der Waals surface area (Å²) in [7, 11) is 0. The first-order chi connectivity index (χ1) is 10.9. The van der Waals surface area contributed by atoms with Gasteiger partial charge in [-0.3, -0.25) is 4.79 Å². The van der Waals surface area contributed by atoms with Crippen LogP contribution in [-0.4, -0.2) is 25.8 Å². The van der Waals surface area contributed by atoms with Gasteiger partial charge in [0.1, 0.15) is 22.7 Å². The number of aromatic nitrogens is 3. The van der Waals surface area contributed by atoms with Crippen LogP contribution in [0.5, 0.6) is 0 Å². The van der Waals surface area contributed by atoms with E-state index in [2.05, 4.69) is 10.1 Å². The quantitative estimate of drug-likeness (QED) is 0.777. The maximum Gasteiger partial charge on any atom is 0.352 e. The van der Waals surface area contributed by atoms with Crippen LogP contribution < -0.4 is 5.56 Å². The van der Waals surface area contributed by atoms with Crippen LogP contribution in [0.1, 0.15) is 23.0 Å². The van der Waals surface area contributed by atoms with E-state index in [0.717, 1.165) is 0 Å². The van der Waals surface area contributed by atoms with E-state index in [-0.39, 0.29) is 22.6 Å². The molecule has 0 spiro atoms. The number of H-pyrrole nitrogens is 1. The minimum Gasteiger partial charge on any atom is -0.477 e. The van der Waals surface area contributed by atoms with Gasteiger partial charge in [-0.25, -0.2) is 13.9 Å². The summed E-state index contributed by atoms with van der Waals surface area (Å²) >= 11 is 0.